The van der Waals surface area contributed by atoms with E-state index in [-0.39, 0.29) is 7.43 Å². The van der Waals surface area contributed by atoms with Crippen LogP contribution < -0.4 is 5.30 Å². The minimum atomic E-state index is 0. The van der Waals surface area contributed by atoms with E-state index < -0.39 is 0 Å². The second kappa shape index (κ2) is 18.4. The molecule has 0 aliphatic rings. The van der Waals surface area contributed by atoms with Gasteiger partial charge in [0.05, 0.1) is 0 Å². The molecule has 3 atom stereocenters. The molecular weight excluding hydrogens is 314 g/mol. The first-order chi connectivity index (χ1) is 10.6. The van der Waals surface area contributed by atoms with Crippen molar-refractivity contribution in [3.63, 3.8) is 0 Å². The van der Waals surface area contributed by atoms with Crippen LogP contribution in [0.4, 0.5) is 0 Å². The molecule has 1 aromatic rings. The molecule has 0 fully saturated rings. The normalized spacial score (nSPS) is 12.4. The Bertz CT molecular complexity index is 320. The molecule has 1 aromatic carbocycles. The van der Waals surface area contributed by atoms with Crippen LogP contribution in [0.2, 0.25) is 0 Å². The Morgan fingerprint density at radius 3 is 2.04 bits per heavy atom. The molecule has 0 nitrogen and oxygen atoms in total. The van der Waals surface area contributed by atoms with E-state index in [1.807, 2.05) is 0 Å². The fourth-order valence-corrected chi connectivity index (χ4v) is 4.50. The number of benzene rings is 1. The Balaban J connectivity index is 0. The van der Waals surface area contributed by atoms with Crippen molar-refractivity contribution in [2.24, 2.45) is 11.8 Å². The summed E-state index contributed by atoms with van der Waals surface area (Å²) in [6, 6.07) is 10.9. The Morgan fingerprint density at radius 1 is 0.913 bits per heavy atom. The van der Waals surface area contributed by atoms with Gasteiger partial charge in [-0.3, -0.25) is 0 Å². The van der Waals surface area contributed by atoms with Crippen LogP contribution in [0.1, 0.15) is 67.7 Å². The van der Waals surface area contributed by atoms with E-state index in [1.54, 1.807) is 0 Å². The lowest BCUT2D eigenvalue weighted by atomic mass is 10.1. The lowest BCUT2D eigenvalue weighted by Gasteiger charge is -2.12. The fourth-order valence-electron chi connectivity index (χ4n) is 1.96. The third kappa shape index (κ3) is 18.3. The second-order valence-corrected chi connectivity index (χ2v) is 9.34. The third-order valence-corrected chi connectivity index (χ3v) is 6.96. The molecule has 23 heavy (non-hydrogen) atoms. The number of unbranched alkanes of at least 4 members (excludes halogenated alkanes) is 1. The standard InChI is InChI=1S/C16H28P2.C4H10.CH4/c1-14(2)12-17-13-15(3)8-7-11-18-16-9-5-4-6-10-16;1-3-4-2;/h4-6,9-10,14-15,17-18H,7-8,11-13H2,1-3H3;3-4H2,1-2H3;1H4/t15-;;/m0../s1. The average Bonchev–Trinajstić information content (AvgIpc) is 2.52. The minimum absolute atomic E-state index is 0. The van der Waals surface area contributed by atoms with Gasteiger partial charge < -0.3 is 0 Å². The highest BCUT2D eigenvalue weighted by atomic mass is 31.1. The van der Waals surface area contributed by atoms with E-state index in [9.17, 15) is 0 Å². The van der Waals surface area contributed by atoms with Crippen molar-refractivity contribution in [1.29, 1.82) is 0 Å². The maximum absolute atomic E-state index is 2.43. The highest BCUT2D eigenvalue weighted by Gasteiger charge is 2.03. The molecule has 0 amide bonds. The first-order valence-electron chi connectivity index (χ1n) is 9.09. The van der Waals surface area contributed by atoms with Gasteiger partial charge in [0.25, 0.3) is 0 Å². The molecule has 0 aromatic heterocycles. The molecule has 2 heteroatoms. The third-order valence-electron chi connectivity index (χ3n) is 3.52. The van der Waals surface area contributed by atoms with Crippen LogP contribution in [0.15, 0.2) is 30.3 Å². The zero-order valence-electron chi connectivity index (χ0n) is 15.5. The summed E-state index contributed by atoms with van der Waals surface area (Å²) in [6.45, 7) is 11.5. The molecule has 0 bridgehead atoms. The van der Waals surface area contributed by atoms with Crippen LogP contribution in [-0.2, 0) is 0 Å². The van der Waals surface area contributed by atoms with Crippen LogP contribution in [0.5, 0.6) is 0 Å². The van der Waals surface area contributed by atoms with Crippen molar-refractivity contribution in [3.8, 4) is 0 Å². The summed E-state index contributed by atoms with van der Waals surface area (Å²) in [6.07, 6.45) is 9.72. The maximum atomic E-state index is 2.43. The SMILES string of the molecule is C.CC(C)CPC[C@@H](C)CCCPc1ccccc1.CCCC. The highest BCUT2D eigenvalue weighted by Crippen LogP contribution is 2.22. The Hall–Kier alpha value is 0.0800. The summed E-state index contributed by atoms with van der Waals surface area (Å²) in [5.74, 6) is 1.82. The lowest BCUT2D eigenvalue weighted by Crippen LogP contribution is -2.01. The molecule has 0 spiro atoms. The monoisotopic (exact) mass is 356 g/mol. The lowest BCUT2D eigenvalue weighted by molar-refractivity contribution is 0.585. The van der Waals surface area contributed by atoms with E-state index in [2.05, 4.69) is 65.0 Å². The molecule has 0 saturated carbocycles. The molecule has 0 aliphatic carbocycles. The van der Waals surface area contributed by atoms with Crippen LogP contribution in [0, 0.1) is 11.8 Å². The van der Waals surface area contributed by atoms with Crippen molar-refractivity contribution in [2.45, 2.75) is 67.7 Å². The first-order valence-corrected chi connectivity index (χ1v) is 11.7. The predicted molar refractivity (Wildman–Crippen MR) is 118 cm³/mol. The molecule has 0 N–H and O–H groups in total. The Morgan fingerprint density at radius 2 is 1.52 bits per heavy atom. The molecular formula is C21H42P2. The van der Waals surface area contributed by atoms with Crippen molar-refractivity contribution in [3.05, 3.63) is 30.3 Å². The summed E-state index contributed by atoms with van der Waals surface area (Å²) >= 11 is 0. The smallest absolute Gasteiger partial charge is 0.0271 e. The van der Waals surface area contributed by atoms with Gasteiger partial charge >= 0.3 is 0 Å². The molecule has 0 saturated heterocycles. The summed E-state index contributed by atoms with van der Waals surface area (Å²) in [5, 5.41) is 1.52. The molecule has 0 aliphatic heterocycles. The van der Waals surface area contributed by atoms with Crippen LogP contribution in [0.3, 0.4) is 0 Å². The van der Waals surface area contributed by atoms with Gasteiger partial charge in [-0.1, -0.05) is 100 Å². The number of hydrogen-bond acceptors (Lipinski definition) is 0. The van der Waals surface area contributed by atoms with Crippen LogP contribution >= 0.6 is 17.2 Å². The number of hydrogen-bond donors (Lipinski definition) is 0. The van der Waals surface area contributed by atoms with Gasteiger partial charge in [0, 0.05) is 0 Å². The summed E-state index contributed by atoms with van der Waals surface area (Å²) in [5.41, 5.74) is 0. The maximum Gasteiger partial charge on any atom is -0.0271 e. The van der Waals surface area contributed by atoms with Crippen LogP contribution in [-0.4, -0.2) is 18.5 Å². The molecule has 0 radical (unpaired) electrons. The van der Waals surface area contributed by atoms with Crippen LogP contribution in [0.25, 0.3) is 0 Å². The molecule has 136 valence electrons. The second-order valence-electron chi connectivity index (χ2n) is 6.59. The summed E-state index contributed by atoms with van der Waals surface area (Å²) < 4.78 is 0. The topological polar surface area (TPSA) is 0 Å². The van der Waals surface area contributed by atoms with Crippen molar-refractivity contribution < 1.29 is 0 Å². The van der Waals surface area contributed by atoms with E-state index in [1.165, 1.54) is 58.1 Å². The minimum Gasteiger partial charge on any atom is -0.122 e. The quantitative estimate of drug-likeness (QED) is 0.307. The van der Waals surface area contributed by atoms with E-state index >= 15 is 0 Å². The number of rotatable bonds is 10. The van der Waals surface area contributed by atoms with Gasteiger partial charge in [0.15, 0.2) is 0 Å². The molecule has 1 rings (SSSR count). The predicted octanol–water partition coefficient (Wildman–Crippen LogP) is 7.18. The van der Waals surface area contributed by atoms with Gasteiger partial charge in [-0.25, -0.2) is 0 Å². The van der Waals surface area contributed by atoms with E-state index in [0.29, 0.717) is 0 Å². The van der Waals surface area contributed by atoms with Gasteiger partial charge in [0.2, 0.25) is 0 Å². The zero-order valence-corrected chi connectivity index (χ0v) is 17.5. The van der Waals surface area contributed by atoms with Gasteiger partial charge in [0.1, 0.15) is 0 Å². The fraction of sp³-hybridized carbons (Fsp3) is 0.714. The van der Waals surface area contributed by atoms with E-state index in [0.717, 1.165) is 20.4 Å². The van der Waals surface area contributed by atoms with E-state index in [4.69, 9.17) is 0 Å². The molecule has 0 heterocycles. The average molecular weight is 357 g/mol. The van der Waals surface area contributed by atoms with Crippen molar-refractivity contribution >= 4 is 22.5 Å². The van der Waals surface area contributed by atoms with Gasteiger partial charge in [-0.05, 0) is 42.0 Å². The Kier molecular flexibility index (Phi) is 20.3. The Labute approximate surface area is 151 Å². The van der Waals surface area contributed by atoms with Crippen molar-refractivity contribution in [2.75, 3.05) is 18.5 Å². The zero-order chi connectivity index (χ0) is 16.6. The largest absolute Gasteiger partial charge is 0.122 e. The molecule has 2 unspecified atom stereocenters. The van der Waals surface area contributed by atoms with Gasteiger partial charge in [-0.15, -0.1) is 8.58 Å². The summed E-state index contributed by atoms with van der Waals surface area (Å²) in [7, 11) is 2.18. The highest BCUT2D eigenvalue weighted by molar-refractivity contribution is 7.47. The van der Waals surface area contributed by atoms with Gasteiger partial charge in [-0.2, -0.15) is 0 Å². The van der Waals surface area contributed by atoms with Crippen molar-refractivity contribution in [1.82, 2.24) is 0 Å². The first kappa shape index (κ1) is 25.3. The summed E-state index contributed by atoms with van der Waals surface area (Å²) in [4.78, 5) is 0.